The van der Waals surface area contributed by atoms with E-state index in [1.165, 1.54) is 17.5 Å². The zero-order chi connectivity index (χ0) is 21.3. The molecule has 1 amide bonds. The molecule has 2 aromatic carbocycles. The highest BCUT2D eigenvalue weighted by Gasteiger charge is 2.23. The van der Waals surface area contributed by atoms with Gasteiger partial charge in [-0.25, -0.2) is 0 Å². The molecule has 0 saturated heterocycles. The Morgan fingerprint density at radius 1 is 0.852 bits per heavy atom. The Balaban J connectivity index is 0. The zero-order valence-corrected chi connectivity index (χ0v) is 18.7. The molecule has 0 aliphatic heterocycles. The van der Waals surface area contributed by atoms with Gasteiger partial charge in [-0.15, -0.1) is 0 Å². The molecule has 2 rings (SSSR count). The molecule has 0 spiro atoms. The SMILES string of the molecule is CC.CC(C)C(C)(C)c1ccccc1.CC(C)Cc1ccccc1.NC=O. The number of rotatable bonds is 4. The van der Waals surface area contributed by atoms with Crippen LogP contribution in [-0.4, -0.2) is 6.41 Å². The Hall–Kier alpha value is -2.09. The van der Waals surface area contributed by atoms with Crippen LogP contribution in [0.1, 0.15) is 66.5 Å². The maximum Gasteiger partial charge on any atom is 0.204 e. The van der Waals surface area contributed by atoms with Crippen LogP contribution < -0.4 is 5.73 Å². The Morgan fingerprint density at radius 2 is 1.22 bits per heavy atom. The Morgan fingerprint density at radius 3 is 1.56 bits per heavy atom. The minimum Gasteiger partial charge on any atom is -0.372 e. The highest BCUT2D eigenvalue weighted by Crippen LogP contribution is 2.30. The van der Waals surface area contributed by atoms with Crippen LogP contribution in [0.25, 0.3) is 0 Å². The van der Waals surface area contributed by atoms with Crippen molar-refractivity contribution in [1.29, 1.82) is 0 Å². The molecule has 0 aliphatic carbocycles. The lowest BCUT2D eigenvalue weighted by atomic mass is 9.75. The number of hydrogen-bond donors (Lipinski definition) is 1. The predicted molar refractivity (Wildman–Crippen MR) is 121 cm³/mol. The zero-order valence-electron chi connectivity index (χ0n) is 18.7. The van der Waals surface area contributed by atoms with Crippen LogP contribution in [0.4, 0.5) is 0 Å². The molecule has 2 aromatic rings. The van der Waals surface area contributed by atoms with E-state index < -0.39 is 0 Å². The van der Waals surface area contributed by atoms with Crippen LogP contribution in [0.5, 0.6) is 0 Å². The quantitative estimate of drug-likeness (QED) is 0.602. The first-order chi connectivity index (χ1) is 12.8. The third-order valence-corrected chi connectivity index (χ3v) is 4.45. The lowest BCUT2D eigenvalue weighted by Crippen LogP contribution is -2.23. The van der Waals surface area contributed by atoms with Crippen molar-refractivity contribution in [1.82, 2.24) is 0 Å². The van der Waals surface area contributed by atoms with E-state index in [9.17, 15) is 0 Å². The summed E-state index contributed by atoms with van der Waals surface area (Å²) in [6, 6.07) is 21.3. The Bertz CT molecular complexity index is 559. The summed E-state index contributed by atoms with van der Waals surface area (Å²) in [5.41, 5.74) is 7.33. The van der Waals surface area contributed by atoms with Crippen LogP contribution in [0.2, 0.25) is 0 Å². The monoisotopic (exact) mass is 371 g/mol. The lowest BCUT2D eigenvalue weighted by Gasteiger charge is -2.29. The van der Waals surface area contributed by atoms with Gasteiger partial charge < -0.3 is 5.73 Å². The maximum absolute atomic E-state index is 8.58. The van der Waals surface area contributed by atoms with E-state index in [2.05, 4.69) is 108 Å². The normalized spacial score (nSPS) is 9.85. The van der Waals surface area contributed by atoms with Crippen LogP contribution in [-0.2, 0) is 16.6 Å². The van der Waals surface area contributed by atoms with Crippen LogP contribution >= 0.6 is 0 Å². The second-order valence-electron chi connectivity index (χ2n) is 7.46. The predicted octanol–water partition coefficient (Wildman–Crippen LogP) is 6.63. The first-order valence-corrected chi connectivity index (χ1v) is 10.0. The first-order valence-electron chi connectivity index (χ1n) is 10.0. The molecule has 2 nitrogen and oxygen atoms in total. The van der Waals surface area contributed by atoms with Crippen LogP contribution in [0.15, 0.2) is 60.7 Å². The van der Waals surface area contributed by atoms with Crippen molar-refractivity contribution in [2.45, 2.75) is 67.2 Å². The summed E-state index contributed by atoms with van der Waals surface area (Å²) in [5, 5.41) is 0. The molecule has 2 N–H and O–H groups in total. The van der Waals surface area contributed by atoms with Crippen molar-refractivity contribution in [2.24, 2.45) is 17.6 Å². The largest absolute Gasteiger partial charge is 0.372 e. The summed E-state index contributed by atoms with van der Waals surface area (Å²) >= 11 is 0. The highest BCUT2D eigenvalue weighted by atomic mass is 16.1. The van der Waals surface area contributed by atoms with Crippen molar-refractivity contribution in [3.8, 4) is 0 Å². The molecule has 0 unspecified atom stereocenters. The number of nitrogens with two attached hydrogens (primary N) is 1. The number of primary amides is 1. The summed E-state index contributed by atoms with van der Waals surface area (Å²) in [6.45, 7) is 17.6. The lowest BCUT2D eigenvalue weighted by molar-refractivity contribution is -0.106. The van der Waals surface area contributed by atoms with Gasteiger partial charge in [0.2, 0.25) is 6.41 Å². The number of amides is 1. The smallest absolute Gasteiger partial charge is 0.204 e. The number of carbonyl (C=O) groups is 1. The molecule has 0 aliphatic rings. The molecule has 0 radical (unpaired) electrons. The molecule has 0 fully saturated rings. The average Bonchev–Trinajstić information content (AvgIpc) is 2.65. The molecular weight excluding hydrogens is 330 g/mol. The van der Waals surface area contributed by atoms with Crippen molar-refractivity contribution < 1.29 is 4.79 Å². The summed E-state index contributed by atoms with van der Waals surface area (Å²) in [4.78, 5) is 8.58. The number of hydrogen-bond acceptors (Lipinski definition) is 1. The second kappa shape index (κ2) is 16.1. The van der Waals surface area contributed by atoms with Gasteiger partial charge in [-0.3, -0.25) is 4.79 Å². The summed E-state index contributed by atoms with van der Waals surface area (Å²) in [7, 11) is 0. The van der Waals surface area contributed by atoms with E-state index in [4.69, 9.17) is 4.79 Å². The van der Waals surface area contributed by atoms with E-state index in [0.29, 0.717) is 11.3 Å². The van der Waals surface area contributed by atoms with E-state index >= 15 is 0 Å². The highest BCUT2D eigenvalue weighted by molar-refractivity contribution is 5.42. The fourth-order valence-corrected chi connectivity index (χ4v) is 2.29. The van der Waals surface area contributed by atoms with Crippen LogP contribution in [0, 0.1) is 11.8 Å². The van der Waals surface area contributed by atoms with Crippen molar-refractivity contribution in [3.63, 3.8) is 0 Å². The molecule has 0 heterocycles. The third-order valence-electron chi connectivity index (χ3n) is 4.45. The van der Waals surface area contributed by atoms with Crippen LogP contribution in [0.3, 0.4) is 0 Å². The third kappa shape index (κ3) is 12.8. The topological polar surface area (TPSA) is 43.1 Å². The van der Waals surface area contributed by atoms with Crippen molar-refractivity contribution in [2.75, 3.05) is 0 Å². The fraction of sp³-hybridized carbons (Fsp3) is 0.480. The Kier molecular flexibility index (Phi) is 16.2. The number of benzene rings is 2. The standard InChI is InChI=1S/C12H18.C10H14.C2H6.CH3NO/c1-10(2)12(3,4)11-8-6-5-7-9-11;1-9(2)8-10-6-4-3-5-7-10;1-2;2-1-3/h5-10H,1-4H3;3-7,9H,8H2,1-2H3;1-2H3;1H,(H2,2,3). The number of carbonyl (C=O) groups excluding carboxylic acids is 1. The van der Waals surface area contributed by atoms with Gasteiger partial charge in [0, 0.05) is 0 Å². The van der Waals surface area contributed by atoms with Gasteiger partial charge >= 0.3 is 0 Å². The summed E-state index contributed by atoms with van der Waals surface area (Å²) < 4.78 is 0. The molecular formula is C25H41NO. The van der Waals surface area contributed by atoms with E-state index in [0.717, 1.165) is 5.92 Å². The van der Waals surface area contributed by atoms with Crippen molar-refractivity contribution >= 4 is 6.41 Å². The summed E-state index contributed by atoms with van der Waals surface area (Å²) in [6.07, 6.45) is 1.45. The molecule has 2 heteroatoms. The molecule has 0 saturated carbocycles. The van der Waals surface area contributed by atoms with E-state index in [-0.39, 0.29) is 6.41 Å². The van der Waals surface area contributed by atoms with E-state index in [1.54, 1.807) is 0 Å². The Labute approximate surface area is 168 Å². The molecule has 27 heavy (non-hydrogen) atoms. The van der Waals surface area contributed by atoms with Gasteiger partial charge in [0.05, 0.1) is 0 Å². The van der Waals surface area contributed by atoms with Gasteiger partial charge in [0.1, 0.15) is 0 Å². The van der Waals surface area contributed by atoms with Gasteiger partial charge in [-0.2, -0.15) is 0 Å². The van der Waals surface area contributed by atoms with Gasteiger partial charge in [0.25, 0.3) is 0 Å². The summed E-state index contributed by atoms with van der Waals surface area (Å²) in [5.74, 6) is 1.45. The van der Waals surface area contributed by atoms with Gasteiger partial charge in [-0.05, 0) is 34.8 Å². The first kappa shape index (κ1) is 27.1. The molecule has 0 bridgehead atoms. The van der Waals surface area contributed by atoms with Gasteiger partial charge in [0.15, 0.2) is 0 Å². The fourth-order valence-electron chi connectivity index (χ4n) is 2.29. The minimum atomic E-state index is 0.250. The molecule has 152 valence electrons. The van der Waals surface area contributed by atoms with E-state index in [1.807, 2.05) is 13.8 Å². The van der Waals surface area contributed by atoms with Crippen molar-refractivity contribution in [3.05, 3.63) is 71.8 Å². The minimum absolute atomic E-state index is 0.250. The van der Waals surface area contributed by atoms with Gasteiger partial charge in [-0.1, -0.05) is 116 Å². The average molecular weight is 372 g/mol. The molecule has 0 aromatic heterocycles. The molecule has 0 atom stereocenters. The second-order valence-corrected chi connectivity index (χ2v) is 7.46. The maximum atomic E-state index is 8.58.